The molecule has 3 aromatic rings. The van der Waals surface area contributed by atoms with Gasteiger partial charge in [0.15, 0.2) is 0 Å². The molecule has 0 saturated carbocycles. The normalized spacial score (nSPS) is 14.2. The number of fused-ring (bicyclic) bond motifs is 4. The lowest BCUT2D eigenvalue weighted by molar-refractivity contribution is -0.170. The molecule has 1 atom stereocenters. The highest BCUT2D eigenvalue weighted by Crippen LogP contribution is 2.44. The first-order valence-corrected chi connectivity index (χ1v) is 13.6. The number of thioether (sulfide) groups is 1. The monoisotopic (exact) mass is 559 g/mol. The van der Waals surface area contributed by atoms with E-state index >= 15 is 0 Å². The number of benzene rings is 3. The second kappa shape index (κ2) is 11.6. The van der Waals surface area contributed by atoms with E-state index in [1.54, 1.807) is 12.1 Å². The second-order valence-electron chi connectivity index (χ2n) is 9.13. The Morgan fingerprint density at radius 1 is 0.850 bits per heavy atom. The van der Waals surface area contributed by atoms with Crippen LogP contribution >= 0.6 is 11.8 Å². The van der Waals surface area contributed by atoms with Crippen LogP contribution in [0.15, 0.2) is 72.8 Å². The van der Waals surface area contributed by atoms with Crippen LogP contribution in [0.3, 0.4) is 0 Å². The zero-order valence-electron chi connectivity index (χ0n) is 21.4. The molecule has 1 heterocycles. The maximum atomic E-state index is 13.1. The van der Waals surface area contributed by atoms with E-state index in [9.17, 15) is 24.0 Å². The largest absolute Gasteiger partial charge is 0.449 e. The Morgan fingerprint density at radius 3 is 1.93 bits per heavy atom. The van der Waals surface area contributed by atoms with Gasteiger partial charge in [0.05, 0.1) is 17.0 Å². The Labute approximate surface area is 234 Å². The fraction of sp³-hybridized carbons (Fsp3) is 0.207. The van der Waals surface area contributed by atoms with Crippen molar-refractivity contribution in [1.82, 2.24) is 15.7 Å². The zero-order chi connectivity index (χ0) is 28.2. The Hall–Kier alpha value is -4.64. The molecule has 0 bridgehead atoms. The van der Waals surface area contributed by atoms with Gasteiger partial charge in [0.1, 0.15) is 12.6 Å². The highest BCUT2D eigenvalue weighted by atomic mass is 32.2. The molecule has 0 unspecified atom stereocenters. The lowest BCUT2D eigenvalue weighted by Gasteiger charge is -2.21. The lowest BCUT2D eigenvalue weighted by Crippen LogP contribution is -2.47. The molecule has 10 nitrogen and oxygen atoms in total. The van der Waals surface area contributed by atoms with E-state index in [0.717, 1.165) is 34.0 Å². The van der Waals surface area contributed by atoms with Crippen molar-refractivity contribution in [3.05, 3.63) is 95.1 Å². The first kappa shape index (κ1) is 26.9. The van der Waals surface area contributed by atoms with Crippen molar-refractivity contribution < 1.29 is 33.5 Å². The molecule has 5 rings (SSSR count). The third-order valence-corrected chi connectivity index (χ3v) is 7.48. The average Bonchev–Trinajstić information content (AvgIpc) is 3.40. The topological polar surface area (TPSA) is 131 Å². The number of hydroxylamine groups is 2. The van der Waals surface area contributed by atoms with Gasteiger partial charge >= 0.3 is 12.1 Å². The molecule has 204 valence electrons. The summed E-state index contributed by atoms with van der Waals surface area (Å²) >= 11 is 1.14. The molecule has 2 aliphatic rings. The Bertz CT molecular complexity index is 1430. The fourth-order valence-corrected chi connectivity index (χ4v) is 5.56. The standard InChI is InChI=1S/C29H25N3O7S/c1-17(33)30-16-40-15-25(28(36)39-32-26(34)22-12-6-7-13-23(22)27(32)35)31-29(37)38-14-24-20-10-4-2-8-18(20)19-9-3-5-11-21(19)24/h2-13,24-25H,14-16H2,1H3,(H,30,33)(H,31,37)/t25-/m0/s1. The summed E-state index contributed by atoms with van der Waals surface area (Å²) in [6, 6.07) is 20.6. The molecule has 11 heteroatoms. The van der Waals surface area contributed by atoms with Gasteiger partial charge < -0.3 is 20.2 Å². The van der Waals surface area contributed by atoms with Gasteiger partial charge in [-0.05, 0) is 34.4 Å². The number of hydrogen-bond acceptors (Lipinski definition) is 8. The quantitative estimate of drug-likeness (QED) is 0.232. The average molecular weight is 560 g/mol. The van der Waals surface area contributed by atoms with Crippen LogP contribution < -0.4 is 10.6 Å². The number of carbonyl (C=O) groups is 5. The maximum Gasteiger partial charge on any atom is 0.407 e. The maximum absolute atomic E-state index is 13.1. The van der Waals surface area contributed by atoms with E-state index in [-0.39, 0.29) is 41.2 Å². The zero-order valence-corrected chi connectivity index (χ0v) is 22.2. The third kappa shape index (κ3) is 5.41. The van der Waals surface area contributed by atoms with E-state index in [4.69, 9.17) is 9.57 Å². The van der Waals surface area contributed by atoms with Crippen molar-refractivity contribution in [1.29, 1.82) is 0 Å². The van der Waals surface area contributed by atoms with Gasteiger partial charge in [-0.2, -0.15) is 0 Å². The highest BCUT2D eigenvalue weighted by molar-refractivity contribution is 7.99. The van der Waals surface area contributed by atoms with Gasteiger partial charge in [0.25, 0.3) is 11.8 Å². The Kier molecular flexibility index (Phi) is 7.83. The summed E-state index contributed by atoms with van der Waals surface area (Å²) in [5.74, 6) is -2.89. The van der Waals surface area contributed by atoms with Crippen molar-refractivity contribution in [3.63, 3.8) is 0 Å². The third-order valence-electron chi connectivity index (χ3n) is 6.57. The van der Waals surface area contributed by atoms with Gasteiger partial charge in [0.2, 0.25) is 5.91 Å². The van der Waals surface area contributed by atoms with Crippen LogP contribution in [-0.2, 0) is 19.2 Å². The van der Waals surface area contributed by atoms with Crippen LogP contribution in [0.1, 0.15) is 44.7 Å². The molecule has 0 aromatic heterocycles. The number of amides is 4. The molecule has 0 spiro atoms. The molecule has 1 aliphatic heterocycles. The predicted octanol–water partition coefficient (Wildman–Crippen LogP) is 3.47. The summed E-state index contributed by atoms with van der Waals surface area (Å²) in [5, 5.41) is 5.45. The fourth-order valence-electron chi connectivity index (χ4n) is 4.68. The molecule has 0 fully saturated rings. The number of alkyl carbamates (subject to hydrolysis) is 1. The van der Waals surface area contributed by atoms with Crippen LogP contribution in [0.4, 0.5) is 4.79 Å². The molecular formula is C29H25N3O7S. The number of nitrogens with zero attached hydrogens (tertiary/aromatic N) is 1. The van der Waals surface area contributed by atoms with Crippen LogP contribution in [0.2, 0.25) is 0 Å². The minimum Gasteiger partial charge on any atom is -0.449 e. The lowest BCUT2D eigenvalue weighted by atomic mass is 9.98. The molecule has 3 aromatic carbocycles. The summed E-state index contributed by atoms with van der Waals surface area (Å²) in [4.78, 5) is 67.5. The minimum absolute atomic E-state index is 0.0214. The van der Waals surface area contributed by atoms with Crippen molar-refractivity contribution in [3.8, 4) is 11.1 Å². The number of nitrogens with one attached hydrogen (secondary N) is 2. The smallest absolute Gasteiger partial charge is 0.407 e. The van der Waals surface area contributed by atoms with Gasteiger partial charge in [-0.3, -0.25) is 14.4 Å². The van der Waals surface area contributed by atoms with Crippen molar-refractivity contribution >= 4 is 41.5 Å². The molecule has 2 N–H and O–H groups in total. The second-order valence-corrected chi connectivity index (χ2v) is 10.2. The van der Waals surface area contributed by atoms with Gasteiger partial charge in [-0.15, -0.1) is 11.8 Å². The number of rotatable bonds is 9. The van der Waals surface area contributed by atoms with Crippen molar-refractivity contribution in [2.45, 2.75) is 18.9 Å². The molecular weight excluding hydrogens is 534 g/mol. The molecule has 1 aliphatic carbocycles. The highest BCUT2D eigenvalue weighted by Gasteiger charge is 2.40. The number of carbonyl (C=O) groups excluding carboxylic acids is 5. The predicted molar refractivity (Wildman–Crippen MR) is 146 cm³/mol. The summed E-state index contributed by atoms with van der Waals surface area (Å²) in [7, 11) is 0. The van der Waals surface area contributed by atoms with Crippen LogP contribution in [-0.4, -0.2) is 59.1 Å². The number of hydrogen-bond donors (Lipinski definition) is 2. The minimum atomic E-state index is -1.28. The Balaban J connectivity index is 1.25. The van der Waals surface area contributed by atoms with E-state index in [0.29, 0.717) is 5.06 Å². The first-order chi connectivity index (χ1) is 19.3. The number of imide groups is 1. The molecule has 40 heavy (non-hydrogen) atoms. The summed E-state index contributed by atoms with van der Waals surface area (Å²) < 4.78 is 5.54. The van der Waals surface area contributed by atoms with Crippen LogP contribution in [0.5, 0.6) is 0 Å². The van der Waals surface area contributed by atoms with Crippen molar-refractivity contribution in [2.24, 2.45) is 0 Å². The van der Waals surface area contributed by atoms with E-state index in [1.807, 2.05) is 48.5 Å². The van der Waals surface area contributed by atoms with Crippen LogP contribution in [0.25, 0.3) is 11.1 Å². The van der Waals surface area contributed by atoms with Gasteiger partial charge in [-0.1, -0.05) is 65.7 Å². The van der Waals surface area contributed by atoms with Crippen LogP contribution in [0, 0.1) is 0 Å². The first-order valence-electron chi connectivity index (χ1n) is 12.5. The Morgan fingerprint density at radius 2 is 1.38 bits per heavy atom. The summed E-state index contributed by atoms with van der Waals surface area (Å²) in [6.07, 6.45) is -0.869. The van der Waals surface area contributed by atoms with Crippen molar-refractivity contribution in [2.75, 3.05) is 18.2 Å². The summed E-state index contributed by atoms with van der Waals surface area (Å²) in [6.45, 7) is 1.38. The molecule has 0 saturated heterocycles. The number of ether oxygens (including phenoxy) is 1. The molecule has 4 amide bonds. The van der Waals surface area contributed by atoms with E-state index < -0.39 is 29.9 Å². The van der Waals surface area contributed by atoms with E-state index in [2.05, 4.69) is 10.6 Å². The molecule has 0 radical (unpaired) electrons. The van der Waals surface area contributed by atoms with E-state index in [1.165, 1.54) is 19.1 Å². The summed E-state index contributed by atoms with van der Waals surface area (Å²) in [5.41, 5.74) is 4.43. The van der Waals surface area contributed by atoms with Gasteiger partial charge in [-0.25, -0.2) is 9.59 Å². The van der Waals surface area contributed by atoms with Gasteiger partial charge in [0, 0.05) is 18.6 Å². The SMILES string of the molecule is CC(=O)NCSC[C@H](NC(=O)OCC1c2ccccc2-c2ccccc21)C(=O)ON1C(=O)c2ccccc2C1=O.